The van der Waals surface area contributed by atoms with Crippen LogP contribution in [0.5, 0.6) is 0 Å². The summed E-state index contributed by atoms with van der Waals surface area (Å²) in [7, 11) is 0. The van der Waals surface area contributed by atoms with Crippen LogP contribution in [0.4, 0.5) is 14.7 Å². The summed E-state index contributed by atoms with van der Waals surface area (Å²) in [4.78, 5) is 12.0. The highest BCUT2D eigenvalue weighted by Gasteiger charge is 2.12. The number of nitrogens with zero attached hydrogens (tertiary/aromatic N) is 1. The van der Waals surface area contributed by atoms with Crippen molar-refractivity contribution in [3.8, 4) is 11.3 Å². The third-order valence-electron chi connectivity index (χ3n) is 3.07. The van der Waals surface area contributed by atoms with Gasteiger partial charge in [0.15, 0.2) is 11.6 Å². The first-order valence-corrected chi connectivity index (χ1v) is 6.90. The molecule has 0 bridgehead atoms. The fourth-order valence-electron chi connectivity index (χ4n) is 1.91. The van der Waals surface area contributed by atoms with Crippen LogP contribution in [0.1, 0.15) is 10.4 Å². The monoisotopic (exact) mass is 334 g/mol. The van der Waals surface area contributed by atoms with Crippen LogP contribution >= 0.6 is 11.6 Å². The van der Waals surface area contributed by atoms with Gasteiger partial charge in [0.25, 0.3) is 5.91 Å². The quantitative estimate of drug-likeness (QED) is 0.766. The Bertz CT molecular complexity index is 863. The number of carbonyl (C=O) groups excluding carboxylic acids is 1. The molecular weight excluding hydrogens is 326 g/mol. The van der Waals surface area contributed by atoms with Gasteiger partial charge < -0.3 is 4.52 Å². The summed E-state index contributed by atoms with van der Waals surface area (Å²) >= 11 is 5.75. The zero-order valence-corrected chi connectivity index (χ0v) is 12.3. The van der Waals surface area contributed by atoms with E-state index in [9.17, 15) is 13.6 Å². The minimum Gasteiger partial charge on any atom is -0.338 e. The zero-order chi connectivity index (χ0) is 16.4. The lowest BCUT2D eigenvalue weighted by molar-refractivity contribution is 0.102. The Morgan fingerprint density at radius 1 is 1.04 bits per heavy atom. The molecule has 0 aliphatic carbocycles. The van der Waals surface area contributed by atoms with Gasteiger partial charge in [-0.2, -0.15) is 0 Å². The van der Waals surface area contributed by atoms with Gasteiger partial charge in [0, 0.05) is 22.2 Å². The molecule has 0 atom stereocenters. The predicted molar refractivity (Wildman–Crippen MR) is 81.3 cm³/mol. The average molecular weight is 335 g/mol. The smallest absolute Gasteiger partial charge is 0.258 e. The number of aromatic nitrogens is 1. The van der Waals surface area contributed by atoms with Crippen molar-refractivity contribution in [1.82, 2.24) is 5.16 Å². The number of hydrogen-bond donors (Lipinski definition) is 1. The highest BCUT2D eigenvalue weighted by molar-refractivity contribution is 6.30. The maximum absolute atomic E-state index is 13.2. The molecule has 116 valence electrons. The zero-order valence-electron chi connectivity index (χ0n) is 11.5. The third kappa shape index (κ3) is 3.37. The normalized spacial score (nSPS) is 10.6. The molecule has 0 unspecified atom stereocenters. The maximum Gasteiger partial charge on any atom is 0.258 e. The van der Waals surface area contributed by atoms with E-state index in [4.69, 9.17) is 16.1 Å². The first-order valence-electron chi connectivity index (χ1n) is 6.52. The number of halogens is 3. The summed E-state index contributed by atoms with van der Waals surface area (Å²) in [5.41, 5.74) is 0.995. The van der Waals surface area contributed by atoms with Crippen molar-refractivity contribution >= 4 is 23.4 Å². The fraction of sp³-hybridized carbons (Fsp3) is 0. The lowest BCUT2D eigenvalue weighted by atomic mass is 10.1. The Morgan fingerprint density at radius 3 is 2.48 bits per heavy atom. The second-order valence-corrected chi connectivity index (χ2v) is 5.10. The molecule has 3 aromatic rings. The van der Waals surface area contributed by atoms with E-state index in [1.165, 1.54) is 12.1 Å². The molecule has 3 rings (SSSR count). The van der Waals surface area contributed by atoms with Crippen molar-refractivity contribution in [2.45, 2.75) is 0 Å². The Hall–Kier alpha value is -2.73. The lowest BCUT2D eigenvalue weighted by Gasteiger charge is -2.00. The van der Waals surface area contributed by atoms with Crippen LogP contribution in [0.3, 0.4) is 0 Å². The van der Waals surface area contributed by atoms with E-state index in [0.717, 1.165) is 12.1 Å². The van der Waals surface area contributed by atoms with Gasteiger partial charge in [-0.25, -0.2) is 8.78 Å². The average Bonchev–Trinajstić information content (AvgIpc) is 2.99. The Balaban J connectivity index is 1.77. The first-order chi connectivity index (χ1) is 11.0. The molecule has 0 fully saturated rings. The molecule has 0 saturated heterocycles. The number of anilines is 1. The van der Waals surface area contributed by atoms with Crippen LogP contribution in [-0.4, -0.2) is 11.1 Å². The standard InChI is InChI=1S/C16H9ClF2N2O2/c17-11-4-1-9(2-5-11)16(22)20-15-8-14(21-23-15)10-3-6-12(18)13(19)7-10/h1-8H,(H,20,22). The van der Waals surface area contributed by atoms with Crippen molar-refractivity contribution in [2.75, 3.05) is 5.32 Å². The van der Waals surface area contributed by atoms with Crippen molar-refractivity contribution in [3.05, 3.63) is 70.8 Å². The van der Waals surface area contributed by atoms with Gasteiger partial charge in [0.1, 0.15) is 5.69 Å². The highest BCUT2D eigenvalue weighted by Crippen LogP contribution is 2.23. The van der Waals surface area contributed by atoms with Gasteiger partial charge in [-0.05, 0) is 42.5 Å². The van der Waals surface area contributed by atoms with Gasteiger partial charge in [-0.1, -0.05) is 16.8 Å². The molecule has 0 aliphatic heterocycles. The largest absolute Gasteiger partial charge is 0.338 e. The van der Waals surface area contributed by atoms with Crippen molar-refractivity contribution in [1.29, 1.82) is 0 Å². The molecule has 0 spiro atoms. The number of benzene rings is 2. The second kappa shape index (κ2) is 6.18. The second-order valence-electron chi connectivity index (χ2n) is 4.67. The van der Waals surface area contributed by atoms with Crippen LogP contribution in [0.25, 0.3) is 11.3 Å². The summed E-state index contributed by atoms with van der Waals surface area (Å²) < 4.78 is 31.1. The van der Waals surface area contributed by atoms with E-state index in [-0.39, 0.29) is 11.6 Å². The summed E-state index contributed by atoms with van der Waals surface area (Å²) in [6, 6.07) is 11.1. The molecular formula is C16H9ClF2N2O2. The van der Waals surface area contributed by atoms with Crippen molar-refractivity contribution in [2.24, 2.45) is 0 Å². The molecule has 23 heavy (non-hydrogen) atoms. The van der Waals surface area contributed by atoms with E-state index in [0.29, 0.717) is 16.1 Å². The van der Waals surface area contributed by atoms with Crippen LogP contribution in [0.15, 0.2) is 53.1 Å². The van der Waals surface area contributed by atoms with Crippen LogP contribution in [0.2, 0.25) is 5.02 Å². The molecule has 1 amide bonds. The molecule has 1 aromatic heterocycles. The highest BCUT2D eigenvalue weighted by atomic mass is 35.5. The molecule has 1 N–H and O–H groups in total. The summed E-state index contributed by atoms with van der Waals surface area (Å²) in [5.74, 6) is -2.26. The minimum absolute atomic E-state index is 0.0877. The molecule has 1 heterocycles. The Morgan fingerprint density at radius 2 is 1.78 bits per heavy atom. The summed E-state index contributed by atoms with van der Waals surface area (Å²) in [6.07, 6.45) is 0. The first kappa shape index (κ1) is 15.2. The van der Waals surface area contributed by atoms with Crippen LogP contribution in [0, 0.1) is 11.6 Å². The van der Waals surface area contributed by atoms with Crippen LogP contribution in [-0.2, 0) is 0 Å². The molecule has 0 aliphatic rings. The molecule has 2 aromatic carbocycles. The van der Waals surface area contributed by atoms with E-state index in [1.807, 2.05) is 0 Å². The van der Waals surface area contributed by atoms with Gasteiger partial charge >= 0.3 is 0 Å². The maximum atomic E-state index is 13.2. The van der Waals surface area contributed by atoms with E-state index in [2.05, 4.69) is 10.5 Å². The summed E-state index contributed by atoms with van der Waals surface area (Å²) in [5, 5.41) is 6.75. The molecule has 0 saturated carbocycles. The molecule has 7 heteroatoms. The molecule has 4 nitrogen and oxygen atoms in total. The van der Waals surface area contributed by atoms with Gasteiger partial charge in [0.05, 0.1) is 0 Å². The number of nitrogens with one attached hydrogen (secondary N) is 1. The Labute approximate surface area is 134 Å². The number of carbonyl (C=O) groups is 1. The topological polar surface area (TPSA) is 55.1 Å². The van der Waals surface area contributed by atoms with Gasteiger partial charge in [0.2, 0.25) is 5.88 Å². The minimum atomic E-state index is -0.989. The van der Waals surface area contributed by atoms with E-state index >= 15 is 0 Å². The Kier molecular flexibility index (Phi) is 4.08. The lowest BCUT2D eigenvalue weighted by Crippen LogP contribution is -2.10. The van der Waals surface area contributed by atoms with Crippen molar-refractivity contribution in [3.63, 3.8) is 0 Å². The predicted octanol–water partition coefficient (Wildman–Crippen LogP) is 4.53. The van der Waals surface area contributed by atoms with E-state index < -0.39 is 17.5 Å². The fourth-order valence-corrected chi connectivity index (χ4v) is 2.04. The number of hydrogen-bond acceptors (Lipinski definition) is 3. The SMILES string of the molecule is O=C(Nc1cc(-c2ccc(F)c(F)c2)no1)c1ccc(Cl)cc1. The molecule has 0 radical (unpaired) electrons. The van der Waals surface area contributed by atoms with Gasteiger partial charge in [-0.15, -0.1) is 0 Å². The van der Waals surface area contributed by atoms with Gasteiger partial charge in [-0.3, -0.25) is 10.1 Å². The number of rotatable bonds is 3. The number of amides is 1. The van der Waals surface area contributed by atoms with Crippen molar-refractivity contribution < 1.29 is 18.1 Å². The third-order valence-corrected chi connectivity index (χ3v) is 3.32. The summed E-state index contributed by atoms with van der Waals surface area (Å²) in [6.45, 7) is 0. The van der Waals surface area contributed by atoms with E-state index in [1.54, 1.807) is 24.3 Å². The van der Waals surface area contributed by atoms with Crippen LogP contribution < -0.4 is 5.32 Å².